The summed E-state index contributed by atoms with van der Waals surface area (Å²) in [5.41, 5.74) is 2.41. The Labute approximate surface area is 117 Å². The first kappa shape index (κ1) is 12.9. The van der Waals surface area contributed by atoms with Crippen LogP contribution in [0.5, 0.6) is 0 Å². The fraction of sp³-hybridized carbons (Fsp3) is 0.133. The Morgan fingerprint density at radius 3 is 2.65 bits per heavy atom. The van der Waals surface area contributed by atoms with Crippen molar-refractivity contribution in [2.45, 2.75) is 12.6 Å². The van der Waals surface area contributed by atoms with Gasteiger partial charge in [-0.2, -0.15) is 0 Å². The second-order valence-electron chi connectivity index (χ2n) is 4.70. The lowest BCUT2D eigenvalue weighted by Crippen LogP contribution is -2.30. The van der Waals surface area contributed by atoms with Crippen LogP contribution in [0.4, 0.5) is 0 Å². The molecule has 1 unspecified atom stereocenters. The van der Waals surface area contributed by atoms with Gasteiger partial charge in [0.25, 0.3) is 5.91 Å². The fourth-order valence-corrected chi connectivity index (χ4v) is 2.33. The number of hydrogen-bond acceptors (Lipinski definition) is 3. The van der Waals surface area contributed by atoms with E-state index in [1.165, 1.54) is 0 Å². The summed E-state index contributed by atoms with van der Waals surface area (Å²) >= 11 is 0. The molecule has 0 saturated carbocycles. The van der Waals surface area contributed by atoms with E-state index in [1.807, 2.05) is 42.5 Å². The zero-order valence-electron chi connectivity index (χ0n) is 10.8. The number of fused-ring (bicyclic) bond motifs is 1. The standard InChI is InChI=1S/C15H14BNO3/c18-15(17-10-11-6-2-1-3-7-11)14-12-8-4-5-9-13(12)16(19)20-14/h1-9,14,19H,10H2,(H,17,18). The van der Waals surface area contributed by atoms with E-state index in [2.05, 4.69) is 5.32 Å². The molecule has 3 rings (SSSR count). The Balaban J connectivity index is 1.70. The van der Waals surface area contributed by atoms with Crippen LogP contribution in [0.25, 0.3) is 0 Å². The number of rotatable bonds is 3. The van der Waals surface area contributed by atoms with Crippen LogP contribution in [-0.4, -0.2) is 18.0 Å². The van der Waals surface area contributed by atoms with Crippen molar-refractivity contribution in [3.05, 3.63) is 65.7 Å². The average molecular weight is 267 g/mol. The number of hydrogen-bond donors (Lipinski definition) is 2. The maximum absolute atomic E-state index is 12.2. The highest BCUT2D eigenvalue weighted by Crippen LogP contribution is 2.23. The Morgan fingerprint density at radius 1 is 1.15 bits per heavy atom. The Hall–Kier alpha value is -2.11. The van der Waals surface area contributed by atoms with Crippen molar-refractivity contribution in [1.82, 2.24) is 5.32 Å². The van der Waals surface area contributed by atoms with Crippen molar-refractivity contribution in [3.63, 3.8) is 0 Å². The summed E-state index contributed by atoms with van der Waals surface area (Å²) in [6.45, 7) is 0.442. The number of nitrogens with one attached hydrogen (secondary N) is 1. The fourth-order valence-electron chi connectivity index (χ4n) is 2.33. The third kappa shape index (κ3) is 2.46. The summed E-state index contributed by atoms with van der Waals surface area (Å²) in [7, 11) is -1.03. The van der Waals surface area contributed by atoms with Gasteiger partial charge in [0.1, 0.15) is 6.10 Å². The van der Waals surface area contributed by atoms with Crippen LogP contribution in [0.15, 0.2) is 54.6 Å². The molecule has 0 aromatic heterocycles. The van der Waals surface area contributed by atoms with E-state index in [0.29, 0.717) is 12.0 Å². The second-order valence-corrected chi connectivity index (χ2v) is 4.70. The van der Waals surface area contributed by atoms with Crippen LogP contribution in [0.1, 0.15) is 17.2 Å². The van der Waals surface area contributed by atoms with Gasteiger partial charge < -0.3 is 15.0 Å². The maximum Gasteiger partial charge on any atom is 0.492 e. The van der Waals surface area contributed by atoms with E-state index in [9.17, 15) is 9.82 Å². The van der Waals surface area contributed by atoms with Crippen LogP contribution in [-0.2, 0) is 16.0 Å². The first-order valence-electron chi connectivity index (χ1n) is 6.49. The highest BCUT2D eigenvalue weighted by atomic mass is 16.5. The van der Waals surface area contributed by atoms with Gasteiger partial charge in [0.15, 0.2) is 0 Å². The van der Waals surface area contributed by atoms with Crippen LogP contribution in [0.3, 0.4) is 0 Å². The summed E-state index contributed by atoms with van der Waals surface area (Å²) in [6.07, 6.45) is -0.745. The van der Waals surface area contributed by atoms with Crippen molar-refractivity contribution < 1.29 is 14.5 Å². The van der Waals surface area contributed by atoms with Crippen LogP contribution in [0.2, 0.25) is 0 Å². The van der Waals surface area contributed by atoms with E-state index in [0.717, 1.165) is 11.1 Å². The molecule has 5 heteroatoms. The zero-order valence-corrected chi connectivity index (χ0v) is 10.8. The first-order chi connectivity index (χ1) is 9.75. The molecule has 2 aromatic rings. The Morgan fingerprint density at radius 2 is 1.85 bits per heavy atom. The maximum atomic E-state index is 12.2. The summed E-state index contributed by atoms with van der Waals surface area (Å²) < 4.78 is 5.33. The van der Waals surface area contributed by atoms with Crippen molar-refractivity contribution in [2.24, 2.45) is 0 Å². The molecule has 1 atom stereocenters. The molecule has 0 saturated heterocycles. The molecule has 1 aliphatic rings. The van der Waals surface area contributed by atoms with Gasteiger partial charge in [-0.15, -0.1) is 0 Å². The topological polar surface area (TPSA) is 58.6 Å². The smallest absolute Gasteiger partial charge is 0.423 e. The lowest BCUT2D eigenvalue weighted by atomic mass is 9.79. The minimum Gasteiger partial charge on any atom is -0.423 e. The van der Waals surface area contributed by atoms with Crippen molar-refractivity contribution in [3.8, 4) is 0 Å². The molecular weight excluding hydrogens is 253 g/mol. The second kappa shape index (κ2) is 5.49. The van der Waals surface area contributed by atoms with E-state index in [-0.39, 0.29) is 5.91 Å². The van der Waals surface area contributed by atoms with Crippen LogP contribution < -0.4 is 10.8 Å². The summed E-state index contributed by atoms with van der Waals surface area (Å²) in [5, 5.41) is 12.6. The van der Waals surface area contributed by atoms with Crippen molar-refractivity contribution in [1.29, 1.82) is 0 Å². The third-order valence-corrected chi connectivity index (χ3v) is 3.36. The largest absolute Gasteiger partial charge is 0.492 e. The molecule has 2 N–H and O–H groups in total. The van der Waals surface area contributed by atoms with Gasteiger partial charge in [-0.05, 0) is 16.6 Å². The van der Waals surface area contributed by atoms with E-state index in [1.54, 1.807) is 12.1 Å². The van der Waals surface area contributed by atoms with Crippen molar-refractivity contribution in [2.75, 3.05) is 0 Å². The van der Waals surface area contributed by atoms with Gasteiger partial charge in [0, 0.05) is 6.54 Å². The molecule has 20 heavy (non-hydrogen) atoms. The normalized spacial score (nSPS) is 16.9. The number of carbonyl (C=O) groups excluding carboxylic acids is 1. The van der Waals surface area contributed by atoms with Gasteiger partial charge >= 0.3 is 7.12 Å². The third-order valence-electron chi connectivity index (χ3n) is 3.36. The van der Waals surface area contributed by atoms with Crippen molar-refractivity contribution >= 4 is 18.5 Å². The predicted octanol–water partition coefficient (Wildman–Crippen LogP) is 0.762. The Kier molecular flexibility index (Phi) is 3.54. The lowest BCUT2D eigenvalue weighted by molar-refractivity contribution is -0.128. The Bertz CT molecular complexity index is 618. The molecule has 1 aliphatic heterocycles. The molecular formula is C15H14BNO3. The molecule has 0 spiro atoms. The first-order valence-corrected chi connectivity index (χ1v) is 6.49. The molecule has 0 fully saturated rings. The molecule has 0 radical (unpaired) electrons. The van der Waals surface area contributed by atoms with E-state index in [4.69, 9.17) is 4.65 Å². The SMILES string of the molecule is O=C(NCc1ccccc1)C1OB(O)c2ccccc21. The number of carbonyl (C=O) groups is 1. The molecule has 1 heterocycles. The van der Waals surface area contributed by atoms with E-state index >= 15 is 0 Å². The molecule has 4 nitrogen and oxygen atoms in total. The van der Waals surface area contributed by atoms with Crippen LogP contribution in [0, 0.1) is 0 Å². The average Bonchev–Trinajstić information content (AvgIpc) is 2.84. The summed E-state index contributed by atoms with van der Waals surface area (Å²) in [4.78, 5) is 12.2. The van der Waals surface area contributed by atoms with Crippen LogP contribution >= 0.6 is 0 Å². The highest BCUT2D eigenvalue weighted by Gasteiger charge is 2.38. The van der Waals surface area contributed by atoms with Gasteiger partial charge in [0.05, 0.1) is 0 Å². The minimum absolute atomic E-state index is 0.238. The highest BCUT2D eigenvalue weighted by molar-refractivity contribution is 6.62. The molecule has 2 aromatic carbocycles. The number of amides is 1. The molecule has 100 valence electrons. The molecule has 0 bridgehead atoms. The predicted molar refractivity (Wildman–Crippen MR) is 76.2 cm³/mol. The monoisotopic (exact) mass is 267 g/mol. The molecule has 0 aliphatic carbocycles. The minimum atomic E-state index is -1.03. The quantitative estimate of drug-likeness (QED) is 0.807. The van der Waals surface area contributed by atoms with Gasteiger partial charge in [-0.3, -0.25) is 4.79 Å². The summed E-state index contributed by atoms with van der Waals surface area (Å²) in [5.74, 6) is -0.238. The van der Waals surface area contributed by atoms with Gasteiger partial charge in [-0.1, -0.05) is 54.6 Å². The van der Waals surface area contributed by atoms with Gasteiger partial charge in [0.2, 0.25) is 0 Å². The number of benzene rings is 2. The zero-order chi connectivity index (χ0) is 13.9. The van der Waals surface area contributed by atoms with Gasteiger partial charge in [-0.25, -0.2) is 0 Å². The van der Waals surface area contributed by atoms with E-state index < -0.39 is 13.2 Å². The summed E-state index contributed by atoms with van der Waals surface area (Å²) in [6, 6.07) is 16.9. The lowest BCUT2D eigenvalue weighted by Gasteiger charge is -2.12. The molecule has 1 amide bonds.